The molecule has 2 saturated heterocycles. The van der Waals surface area contributed by atoms with Crippen molar-refractivity contribution in [2.45, 2.75) is 6.04 Å². The van der Waals surface area contributed by atoms with Crippen LogP contribution in [-0.2, 0) is 4.79 Å². The number of aromatic nitrogens is 1. The molecule has 1 amide bonds. The summed E-state index contributed by atoms with van der Waals surface area (Å²) in [5.74, 6) is 0.0261. The van der Waals surface area contributed by atoms with Crippen LogP contribution in [0.3, 0.4) is 0 Å². The van der Waals surface area contributed by atoms with Gasteiger partial charge in [-0.25, -0.2) is 4.98 Å². The van der Waals surface area contributed by atoms with Gasteiger partial charge in [0.1, 0.15) is 6.04 Å². The fraction of sp³-hybridized carbons (Fsp3) is 0.353. The fourth-order valence-corrected chi connectivity index (χ4v) is 4.42. The van der Waals surface area contributed by atoms with Gasteiger partial charge >= 0.3 is 0 Å². The quantitative estimate of drug-likeness (QED) is 0.756. The summed E-state index contributed by atoms with van der Waals surface area (Å²) in [5, 5.41) is 10.5. The van der Waals surface area contributed by atoms with Crippen molar-refractivity contribution >= 4 is 34.0 Å². The first kappa shape index (κ1) is 16.3. The summed E-state index contributed by atoms with van der Waals surface area (Å²) < 4.78 is 0. The molecule has 0 aliphatic carbocycles. The second-order valence-electron chi connectivity index (χ2n) is 6.11. The van der Waals surface area contributed by atoms with Gasteiger partial charge in [0.25, 0.3) is 0 Å². The summed E-state index contributed by atoms with van der Waals surface area (Å²) >= 11 is 7.55. The topological polar surface area (TPSA) is 63.5 Å². The van der Waals surface area contributed by atoms with E-state index in [4.69, 9.17) is 16.9 Å². The average molecular weight is 374 g/mol. The molecule has 1 aromatic carbocycles. The molecule has 2 aliphatic heterocycles. The first-order valence-corrected chi connectivity index (χ1v) is 9.27. The lowest BCUT2D eigenvalue weighted by molar-refractivity contribution is -0.127. The Labute approximate surface area is 154 Å². The molecular formula is C17H16ClN5OS. The Morgan fingerprint density at radius 3 is 2.92 bits per heavy atom. The first-order valence-electron chi connectivity index (χ1n) is 8.07. The molecule has 6 nitrogen and oxygen atoms in total. The lowest BCUT2D eigenvalue weighted by atomic mass is 10.1. The molecule has 1 atom stereocenters. The number of nitriles is 1. The van der Waals surface area contributed by atoms with Gasteiger partial charge in [-0.3, -0.25) is 14.6 Å². The van der Waals surface area contributed by atoms with Crippen molar-refractivity contribution < 1.29 is 4.79 Å². The van der Waals surface area contributed by atoms with Crippen LogP contribution in [0.25, 0.3) is 10.4 Å². The third-order valence-electron chi connectivity index (χ3n) is 4.63. The highest BCUT2D eigenvalue weighted by molar-refractivity contribution is 7.19. The number of carbonyl (C=O) groups excluding carboxylic acids is 1. The van der Waals surface area contributed by atoms with Crippen LogP contribution in [0.1, 0.15) is 0 Å². The first-order chi connectivity index (χ1) is 12.2. The van der Waals surface area contributed by atoms with Gasteiger partial charge in [0, 0.05) is 37.4 Å². The molecule has 3 heterocycles. The van der Waals surface area contributed by atoms with Crippen LogP contribution < -0.4 is 4.90 Å². The van der Waals surface area contributed by atoms with Gasteiger partial charge in [-0.1, -0.05) is 35.1 Å². The van der Waals surface area contributed by atoms with Crippen molar-refractivity contribution in [3.05, 3.63) is 35.5 Å². The summed E-state index contributed by atoms with van der Waals surface area (Å²) in [4.78, 5) is 23.9. The summed E-state index contributed by atoms with van der Waals surface area (Å²) in [6.45, 7) is 3.34. The number of hydrogen-bond donors (Lipinski definition) is 0. The molecule has 2 fully saturated rings. The molecule has 8 heteroatoms. The van der Waals surface area contributed by atoms with E-state index in [1.165, 1.54) is 11.3 Å². The maximum absolute atomic E-state index is 12.9. The van der Waals surface area contributed by atoms with E-state index in [2.05, 4.69) is 16.1 Å². The van der Waals surface area contributed by atoms with Gasteiger partial charge in [0.15, 0.2) is 11.3 Å². The highest BCUT2D eigenvalue weighted by Gasteiger charge is 2.39. The molecule has 0 N–H and O–H groups in total. The van der Waals surface area contributed by atoms with Gasteiger partial charge in [-0.05, 0) is 17.7 Å². The second kappa shape index (κ2) is 6.64. The molecule has 0 bridgehead atoms. The number of halogens is 1. The number of rotatable bonds is 2. The highest BCUT2D eigenvalue weighted by atomic mass is 35.5. The van der Waals surface area contributed by atoms with Crippen molar-refractivity contribution in [3.8, 4) is 16.6 Å². The third-order valence-corrected chi connectivity index (χ3v) is 5.93. The van der Waals surface area contributed by atoms with Gasteiger partial charge in [0.2, 0.25) is 5.91 Å². The molecule has 2 aliphatic rings. The average Bonchev–Trinajstić information content (AvgIpc) is 3.12. The SMILES string of the molecule is N#CN1CCN2CCN(c3ncc(-c4cccc(Cl)c4)s3)C(=O)[C@H]2C1. The van der Waals surface area contributed by atoms with E-state index in [-0.39, 0.29) is 11.9 Å². The lowest BCUT2D eigenvalue weighted by Crippen LogP contribution is -2.64. The van der Waals surface area contributed by atoms with Crippen LogP contribution in [0.5, 0.6) is 0 Å². The zero-order valence-electron chi connectivity index (χ0n) is 13.4. The zero-order chi connectivity index (χ0) is 17.4. The summed E-state index contributed by atoms with van der Waals surface area (Å²) in [5.41, 5.74) is 0.996. The number of anilines is 1. The van der Waals surface area contributed by atoms with E-state index in [0.717, 1.165) is 23.5 Å². The van der Waals surface area contributed by atoms with Crippen LogP contribution in [0.4, 0.5) is 5.13 Å². The molecule has 4 rings (SSSR count). The van der Waals surface area contributed by atoms with Crippen molar-refractivity contribution in [1.29, 1.82) is 5.26 Å². The number of fused-ring (bicyclic) bond motifs is 1. The molecule has 0 unspecified atom stereocenters. The minimum absolute atomic E-state index is 0.0261. The smallest absolute Gasteiger partial charge is 0.248 e. The van der Waals surface area contributed by atoms with Crippen LogP contribution in [0, 0.1) is 11.5 Å². The van der Waals surface area contributed by atoms with Gasteiger partial charge in [0.05, 0.1) is 11.4 Å². The minimum Gasteiger partial charge on any atom is -0.307 e. The van der Waals surface area contributed by atoms with E-state index < -0.39 is 0 Å². The fourth-order valence-electron chi connectivity index (χ4n) is 3.29. The van der Waals surface area contributed by atoms with Crippen molar-refractivity contribution in [1.82, 2.24) is 14.8 Å². The molecule has 25 heavy (non-hydrogen) atoms. The standard InChI is InChI=1S/C17H16ClN5OS/c18-13-3-1-2-12(8-13)15-9-20-17(25-15)23-7-6-22-5-4-21(11-19)10-14(22)16(23)24/h1-3,8-9,14H,4-7,10H2/t14-/m1/s1. The van der Waals surface area contributed by atoms with Crippen LogP contribution in [0.2, 0.25) is 5.02 Å². The molecular weight excluding hydrogens is 358 g/mol. The molecule has 1 aromatic heterocycles. The predicted molar refractivity (Wildman–Crippen MR) is 97.5 cm³/mol. The van der Waals surface area contributed by atoms with E-state index in [1.807, 2.05) is 24.3 Å². The lowest BCUT2D eigenvalue weighted by Gasteiger charge is -2.44. The molecule has 128 valence electrons. The van der Waals surface area contributed by atoms with E-state index in [9.17, 15) is 4.79 Å². The number of hydrogen-bond acceptors (Lipinski definition) is 6. The van der Waals surface area contributed by atoms with E-state index in [0.29, 0.717) is 29.8 Å². The largest absolute Gasteiger partial charge is 0.307 e. The minimum atomic E-state index is -0.263. The maximum atomic E-state index is 12.9. The summed E-state index contributed by atoms with van der Waals surface area (Å²) in [6, 6.07) is 7.35. The van der Waals surface area contributed by atoms with Crippen molar-refractivity contribution in [3.63, 3.8) is 0 Å². The molecule has 2 aromatic rings. The Bertz CT molecular complexity index is 848. The normalized spacial score (nSPS) is 21.1. The Hall–Kier alpha value is -2.14. The maximum Gasteiger partial charge on any atom is 0.248 e. The van der Waals surface area contributed by atoms with Crippen molar-refractivity contribution in [2.75, 3.05) is 37.6 Å². The second-order valence-corrected chi connectivity index (χ2v) is 7.55. The Morgan fingerprint density at radius 2 is 2.12 bits per heavy atom. The zero-order valence-corrected chi connectivity index (χ0v) is 15.0. The molecule has 0 spiro atoms. The number of nitrogens with zero attached hydrogens (tertiary/aromatic N) is 5. The molecule has 0 saturated carbocycles. The van der Waals surface area contributed by atoms with Crippen LogP contribution >= 0.6 is 22.9 Å². The van der Waals surface area contributed by atoms with Gasteiger partial charge in [-0.2, -0.15) is 5.26 Å². The summed E-state index contributed by atoms with van der Waals surface area (Å²) in [6.07, 6.45) is 3.94. The molecule has 0 radical (unpaired) electrons. The third kappa shape index (κ3) is 3.09. The van der Waals surface area contributed by atoms with Crippen molar-refractivity contribution in [2.24, 2.45) is 0 Å². The number of carbonyl (C=O) groups is 1. The van der Waals surface area contributed by atoms with E-state index in [1.54, 1.807) is 16.0 Å². The Kier molecular flexibility index (Phi) is 4.34. The monoisotopic (exact) mass is 373 g/mol. The Morgan fingerprint density at radius 1 is 1.28 bits per heavy atom. The van der Waals surface area contributed by atoms with E-state index >= 15 is 0 Å². The van der Waals surface area contributed by atoms with Gasteiger partial charge in [-0.15, -0.1) is 0 Å². The van der Waals surface area contributed by atoms with Gasteiger partial charge < -0.3 is 4.90 Å². The number of piperazine rings is 2. The number of thiazole rings is 1. The Balaban J connectivity index is 1.56. The highest BCUT2D eigenvalue weighted by Crippen LogP contribution is 2.33. The predicted octanol–water partition coefficient (Wildman–Crippen LogP) is 2.28. The summed E-state index contributed by atoms with van der Waals surface area (Å²) in [7, 11) is 0. The van der Waals surface area contributed by atoms with Crippen LogP contribution in [-0.4, -0.2) is 59.5 Å². The number of amides is 1. The van der Waals surface area contributed by atoms with Crippen LogP contribution in [0.15, 0.2) is 30.5 Å². The number of benzene rings is 1.